The van der Waals surface area contributed by atoms with Crippen LogP contribution in [0.15, 0.2) is 39.9 Å². The Morgan fingerprint density at radius 1 is 1.16 bits per heavy atom. The molecule has 1 aromatic carbocycles. The number of H-pyrrole nitrogens is 2. The average Bonchev–Trinajstić information content (AvgIpc) is 2.36. The average molecular weight is 261 g/mol. The molecule has 7 nitrogen and oxygen atoms in total. The van der Waals surface area contributed by atoms with Crippen molar-refractivity contribution in [2.45, 2.75) is 6.54 Å². The number of hydrogen-bond acceptors (Lipinski definition) is 4. The number of benzene rings is 1. The molecule has 2 aromatic rings. The van der Waals surface area contributed by atoms with E-state index in [9.17, 15) is 14.4 Å². The Bertz CT molecular complexity index is 672. The molecule has 0 unspecified atom stereocenters. The SMILES string of the molecule is O=C(O)c1ccc(NCc2cc(=O)[nH]c(=O)[nH]2)cc1. The molecule has 0 saturated carbocycles. The van der Waals surface area contributed by atoms with Gasteiger partial charge in [0.15, 0.2) is 0 Å². The summed E-state index contributed by atoms with van der Waals surface area (Å²) in [5.41, 5.74) is 0.282. The first kappa shape index (κ1) is 12.6. The summed E-state index contributed by atoms with van der Waals surface area (Å²) in [6.45, 7) is 0.256. The van der Waals surface area contributed by atoms with Gasteiger partial charge in [0, 0.05) is 17.4 Å². The van der Waals surface area contributed by atoms with E-state index in [1.807, 2.05) is 0 Å². The summed E-state index contributed by atoms with van der Waals surface area (Å²) in [7, 11) is 0. The van der Waals surface area contributed by atoms with Crippen molar-refractivity contribution >= 4 is 11.7 Å². The number of anilines is 1. The van der Waals surface area contributed by atoms with E-state index in [1.54, 1.807) is 12.1 Å². The fourth-order valence-electron chi connectivity index (χ4n) is 1.54. The second-order valence-corrected chi connectivity index (χ2v) is 3.85. The van der Waals surface area contributed by atoms with Gasteiger partial charge in [-0.1, -0.05) is 0 Å². The molecule has 2 rings (SSSR count). The van der Waals surface area contributed by atoms with Crippen molar-refractivity contribution in [3.8, 4) is 0 Å². The van der Waals surface area contributed by atoms with Crippen LogP contribution < -0.4 is 16.6 Å². The Labute approximate surface area is 106 Å². The van der Waals surface area contributed by atoms with Crippen LogP contribution in [0.2, 0.25) is 0 Å². The van der Waals surface area contributed by atoms with Crippen molar-refractivity contribution in [2.24, 2.45) is 0 Å². The Balaban J connectivity index is 2.08. The molecule has 19 heavy (non-hydrogen) atoms. The molecule has 0 saturated heterocycles. The number of nitrogens with one attached hydrogen (secondary N) is 3. The number of aromatic amines is 2. The smallest absolute Gasteiger partial charge is 0.335 e. The lowest BCUT2D eigenvalue weighted by atomic mass is 10.2. The lowest BCUT2D eigenvalue weighted by molar-refractivity contribution is 0.0697. The summed E-state index contributed by atoms with van der Waals surface area (Å²) in [6, 6.07) is 7.42. The summed E-state index contributed by atoms with van der Waals surface area (Å²) in [5, 5.41) is 11.7. The van der Waals surface area contributed by atoms with Gasteiger partial charge in [-0.05, 0) is 24.3 Å². The van der Waals surface area contributed by atoms with E-state index >= 15 is 0 Å². The molecule has 4 N–H and O–H groups in total. The molecule has 7 heteroatoms. The van der Waals surface area contributed by atoms with Crippen LogP contribution in [0.4, 0.5) is 5.69 Å². The van der Waals surface area contributed by atoms with Crippen molar-refractivity contribution in [2.75, 3.05) is 5.32 Å². The topological polar surface area (TPSA) is 115 Å². The van der Waals surface area contributed by atoms with E-state index in [2.05, 4.69) is 15.3 Å². The first-order chi connectivity index (χ1) is 9.04. The van der Waals surface area contributed by atoms with Crippen molar-refractivity contribution in [3.63, 3.8) is 0 Å². The maximum atomic E-state index is 11.1. The molecule has 0 fully saturated rings. The van der Waals surface area contributed by atoms with Crippen molar-refractivity contribution in [1.82, 2.24) is 9.97 Å². The van der Waals surface area contributed by atoms with Crippen molar-refractivity contribution < 1.29 is 9.90 Å². The molecule has 0 amide bonds. The van der Waals surface area contributed by atoms with Crippen LogP contribution in [-0.4, -0.2) is 21.0 Å². The largest absolute Gasteiger partial charge is 0.478 e. The summed E-state index contributed by atoms with van der Waals surface area (Å²) < 4.78 is 0. The Morgan fingerprint density at radius 2 is 1.84 bits per heavy atom. The van der Waals surface area contributed by atoms with Crippen LogP contribution in [0.1, 0.15) is 16.1 Å². The number of aromatic nitrogens is 2. The zero-order chi connectivity index (χ0) is 13.8. The van der Waals surface area contributed by atoms with Gasteiger partial charge in [0.05, 0.1) is 12.1 Å². The van der Waals surface area contributed by atoms with E-state index in [1.165, 1.54) is 18.2 Å². The first-order valence-corrected chi connectivity index (χ1v) is 5.44. The third kappa shape index (κ3) is 3.32. The quantitative estimate of drug-likeness (QED) is 0.635. The number of carbonyl (C=O) groups is 1. The molecular formula is C12H11N3O4. The molecular weight excluding hydrogens is 250 g/mol. The minimum atomic E-state index is -0.995. The number of rotatable bonds is 4. The van der Waals surface area contributed by atoms with E-state index in [0.29, 0.717) is 11.4 Å². The summed E-state index contributed by atoms with van der Waals surface area (Å²) in [4.78, 5) is 37.3. The normalized spacial score (nSPS) is 10.1. The minimum Gasteiger partial charge on any atom is -0.478 e. The highest BCUT2D eigenvalue weighted by Crippen LogP contribution is 2.10. The highest BCUT2D eigenvalue weighted by molar-refractivity contribution is 5.87. The highest BCUT2D eigenvalue weighted by atomic mass is 16.4. The molecule has 98 valence electrons. The molecule has 0 spiro atoms. The fourth-order valence-corrected chi connectivity index (χ4v) is 1.54. The van der Waals surface area contributed by atoms with E-state index in [0.717, 1.165) is 0 Å². The first-order valence-electron chi connectivity index (χ1n) is 5.44. The Morgan fingerprint density at radius 3 is 2.42 bits per heavy atom. The van der Waals surface area contributed by atoms with Crippen LogP contribution in [-0.2, 0) is 6.54 Å². The molecule has 0 aliphatic heterocycles. The van der Waals surface area contributed by atoms with Crippen molar-refractivity contribution in [3.05, 3.63) is 62.4 Å². The standard InChI is InChI=1S/C12H11N3O4/c16-10-5-9(14-12(19)15-10)6-13-8-3-1-7(2-4-8)11(17)18/h1-5,13H,6H2,(H,17,18)(H2,14,15,16,19). The number of hydrogen-bond donors (Lipinski definition) is 4. The third-order valence-corrected chi connectivity index (χ3v) is 2.43. The van der Waals surface area contributed by atoms with Crippen molar-refractivity contribution in [1.29, 1.82) is 0 Å². The number of carboxylic acid groups (broad SMARTS) is 1. The molecule has 1 aromatic heterocycles. The zero-order valence-electron chi connectivity index (χ0n) is 9.77. The van der Waals surface area contributed by atoms with Crippen LogP contribution in [0, 0.1) is 0 Å². The molecule has 0 aliphatic carbocycles. The summed E-state index contributed by atoms with van der Waals surface area (Å²) in [5.74, 6) is -0.995. The maximum absolute atomic E-state index is 11.1. The predicted molar refractivity (Wildman–Crippen MR) is 68.4 cm³/mol. The van der Waals surface area contributed by atoms with Gasteiger partial charge in [-0.3, -0.25) is 9.78 Å². The third-order valence-electron chi connectivity index (χ3n) is 2.43. The molecule has 0 bridgehead atoms. The second-order valence-electron chi connectivity index (χ2n) is 3.85. The van der Waals surface area contributed by atoms with Gasteiger partial charge in [0.1, 0.15) is 0 Å². The monoisotopic (exact) mass is 261 g/mol. The molecule has 0 aliphatic rings. The van der Waals surface area contributed by atoms with Crippen LogP contribution in [0.3, 0.4) is 0 Å². The van der Waals surface area contributed by atoms with Gasteiger partial charge in [0.2, 0.25) is 0 Å². The minimum absolute atomic E-state index is 0.190. The second kappa shape index (κ2) is 5.21. The highest BCUT2D eigenvalue weighted by Gasteiger charge is 2.02. The van der Waals surface area contributed by atoms with Crippen LogP contribution in [0.5, 0.6) is 0 Å². The lowest BCUT2D eigenvalue weighted by Gasteiger charge is -2.06. The van der Waals surface area contributed by atoms with E-state index in [-0.39, 0.29) is 12.1 Å². The van der Waals surface area contributed by atoms with Crippen LogP contribution >= 0.6 is 0 Å². The lowest BCUT2D eigenvalue weighted by Crippen LogP contribution is -2.23. The molecule has 0 atom stereocenters. The van der Waals surface area contributed by atoms with Crippen LogP contribution in [0.25, 0.3) is 0 Å². The summed E-state index contributed by atoms with van der Waals surface area (Å²) in [6.07, 6.45) is 0. The van der Waals surface area contributed by atoms with Gasteiger partial charge < -0.3 is 15.4 Å². The Hall–Kier alpha value is -2.83. The van der Waals surface area contributed by atoms with Gasteiger partial charge >= 0.3 is 11.7 Å². The molecule has 0 radical (unpaired) electrons. The Kier molecular flexibility index (Phi) is 3.46. The maximum Gasteiger partial charge on any atom is 0.335 e. The predicted octanol–water partition coefficient (Wildman–Crippen LogP) is 0.373. The fraction of sp³-hybridized carbons (Fsp3) is 0.0833. The van der Waals surface area contributed by atoms with E-state index < -0.39 is 17.2 Å². The van der Waals surface area contributed by atoms with Gasteiger partial charge in [-0.2, -0.15) is 0 Å². The number of carboxylic acids is 1. The summed E-state index contributed by atoms with van der Waals surface area (Å²) >= 11 is 0. The zero-order valence-corrected chi connectivity index (χ0v) is 9.77. The van der Waals surface area contributed by atoms with Gasteiger partial charge in [-0.25, -0.2) is 9.59 Å². The number of aromatic carboxylic acids is 1. The molecule has 1 heterocycles. The van der Waals surface area contributed by atoms with Gasteiger partial charge in [-0.15, -0.1) is 0 Å². The van der Waals surface area contributed by atoms with Gasteiger partial charge in [0.25, 0.3) is 5.56 Å². The van der Waals surface area contributed by atoms with E-state index in [4.69, 9.17) is 5.11 Å².